The lowest BCUT2D eigenvalue weighted by Crippen LogP contribution is -2.01. The second kappa shape index (κ2) is 6.03. The number of aliphatic carboxylic acids is 1. The first-order valence-corrected chi connectivity index (χ1v) is 7.85. The Morgan fingerprint density at radius 2 is 1.41 bits per heavy atom. The fourth-order valence-electron chi connectivity index (χ4n) is 1.82. The van der Waals surface area contributed by atoms with Gasteiger partial charge in [-0.25, -0.2) is 13.2 Å². The number of rotatable bonds is 4. The maximum absolute atomic E-state index is 12.4. The molecule has 0 radical (unpaired) electrons. The summed E-state index contributed by atoms with van der Waals surface area (Å²) in [4.78, 5) is 10.9. The van der Waals surface area contributed by atoms with Crippen LogP contribution in [-0.4, -0.2) is 24.6 Å². The third-order valence-corrected chi connectivity index (χ3v) is 4.84. The van der Waals surface area contributed by atoms with E-state index in [4.69, 9.17) is 5.11 Å². The van der Waals surface area contributed by atoms with Crippen LogP contribution in [0.1, 0.15) is 12.5 Å². The van der Waals surface area contributed by atoms with Crippen LogP contribution in [0.2, 0.25) is 0 Å². The first kappa shape index (κ1) is 15.8. The van der Waals surface area contributed by atoms with Gasteiger partial charge in [0.25, 0.3) is 0 Å². The molecular formula is C16H14O5S. The van der Waals surface area contributed by atoms with Crippen LogP contribution in [0.15, 0.2) is 63.9 Å². The van der Waals surface area contributed by atoms with Crippen molar-refractivity contribution in [2.24, 2.45) is 0 Å². The molecule has 22 heavy (non-hydrogen) atoms. The standard InChI is InChI=1S/C16H14O5S/c1-11(16(18)19)10-12-2-6-14(7-3-12)22(20,21)15-8-4-13(17)5-9-15/h2-10,17H,1H3,(H,18,19). The minimum absolute atomic E-state index is 0.0106. The van der Waals surface area contributed by atoms with Gasteiger partial charge in [-0.2, -0.15) is 0 Å². The van der Waals surface area contributed by atoms with Gasteiger partial charge in [0.05, 0.1) is 9.79 Å². The van der Waals surface area contributed by atoms with Gasteiger partial charge in [-0.1, -0.05) is 12.1 Å². The zero-order chi connectivity index (χ0) is 16.3. The fourth-order valence-corrected chi connectivity index (χ4v) is 3.08. The van der Waals surface area contributed by atoms with Crippen molar-refractivity contribution < 1.29 is 23.4 Å². The summed E-state index contributed by atoms with van der Waals surface area (Å²) in [5.41, 5.74) is 0.763. The molecule has 0 unspecified atom stereocenters. The van der Waals surface area contributed by atoms with Crippen molar-refractivity contribution in [3.8, 4) is 5.75 Å². The van der Waals surface area contributed by atoms with Gasteiger partial charge >= 0.3 is 5.97 Å². The van der Waals surface area contributed by atoms with E-state index in [9.17, 15) is 18.3 Å². The molecular weight excluding hydrogens is 304 g/mol. The van der Waals surface area contributed by atoms with E-state index in [1.807, 2.05) is 0 Å². The lowest BCUT2D eigenvalue weighted by molar-refractivity contribution is -0.132. The first-order valence-electron chi connectivity index (χ1n) is 6.36. The molecule has 0 aliphatic carbocycles. The van der Waals surface area contributed by atoms with Gasteiger partial charge in [0.15, 0.2) is 0 Å². The van der Waals surface area contributed by atoms with Crippen molar-refractivity contribution >= 4 is 21.9 Å². The van der Waals surface area contributed by atoms with Gasteiger partial charge < -0.3 is 10.2 Å². The lowest BCUT2D eigenvalue weighted by Gasteiger charge is -2.05. The van der Waals surface area contributed by atoms with Gasteiger partial charge in [-0.3, -0.25) is 0 Å². The largest absolute Gasteiger partial charge is 0.508 e. The number of phenols is 1. The molecule has 0 fully saturated rings. The molecule has 0 spiro atoms. The van der Waals surface area contributed by atoms with Gasteiger partial charge in [-0.05, 0) is 55.0 Å². The Bertz CT molecular complexity index is 816. The van der Waals surface area contributed by atoms with Gasteiger partial charge in [0, 0.05) is 5.57 Å². The van der Waals surface area contributed by atoms with Crippen molar-refractivity contribution in [3.05, 3.63) is 59.7 Å². The molecule has 0 amide bonds. The molecule has 2 rings (SSSR count). The number of benzene rings is 2. The van der Waals surface area contributed by atoms with E-state index in [-0.39, 0.29) is 21.1 Å². The van der Waals surface area contributed by atoms with E-state index in [0.717, 1.165) is 0 Å². The van der Waals surface area contributed by atoms with Crippen LogP contribution in [-0.2, 0) is 14.6 Å². The Balaban J connectivity index is 2.36. The Morgan fingerprint density at radius 3 is 1.86 bits per heavy atom. The van der Waals surface area contributed by atoms with Gasteiger partial charge in [0.2, 0.25) is 9.84 Å². The number of phenolic OH excluding ortho intramolecular Hbond substituents is 1. The van der Waals surface area contributed by atoms with Crippen molar-refractivity contribution in [2.45, 2.75) is 16.7 Å². The van der Waals surface area contributed by atoms with Crippen molar-refractivity contribution in [1.29, 1.82) is 0 Å². The number of carbonyl (C=O) groups is 1. The zero-order valence-electron chi connectivity index (χ0n) is 11.7. The average Bonchev–Trinajstić information content (AvgIpc) is 2.48. The third kappa shape index (κ3) is 3.35. The summed E-state index contributed by atoms with van der Waals surface area (Å²) in [5.74, 6) is -1.04. The molecule has 0 aliphatic rings. The molecule has 2 N–H and O–H groups in total. The number of hydrogen-bond donors (Lipinski definition) is 2. The number of hydrogen-bond acceptors (Lipinski definition) is 4. The Labute approximate surface area is 128 Å². The van der Waals surface area contributed by atoms with Gasteiger partial charge in [-0.15, -0.1) is 0 Å². The summed E-state index contributed by atoms with van der Waals surface area (Å²) >= 11 is 0. The Hall–Kier alpha value is -2.60. The normalized spacial score (nSPS) is 12.1. The van der Waals surface area contributed by atoms with Crippen molar-refractivity contribution in [3.63, 3.8) is 0 Å². The highest BCUT2D eigenvalue weighted by atomic mass is 32.2. The van der Waals surface area contributed by atoms with Crippen LogP contribution in [0, 0.1) is 0 Å². The molecule has 0 atom stereocenters. The van der Waals surface area contributed by atoms with Crippen LogP contribution in [0.3, 0.4) is 0 Å². The number of carboxylic acid groups (broad SMARTS) is 1. The van der Waals surface area contributed by atoms with E-state index < -0.39 is 15.8 Å². The summed E-state index contributed by atoms with van der Waals surface area (Å²) in [5, 5.41) is 18.0. The van der Waals surface area contributed by atoms with Crippen molar-refractivity contribution in [2.75, 3.05) is 0 Å². The second-order valence-corrected chi connectivity index (χ2v) is 6.65. The lowest BCUT2D eigenvalue weighted by atomic mass is 10.1. The van der Waals surface area contributed by atoms with E-state index in [1.54, 1.807) is 12.1 Å². The summed E-state index contributed by atoms with van der Waals surface area (Å²) in [6.07, 6.45) is 1.46. The minimum Gasteiger partial charge on any atom is -0.508 e. The van der Waals surface area contributed by atoms with E-state index >= 15 is 0 Å². The molecule has 0 saturated heterocycles. The molecule has 0 heterocycles. The van der Waals surface area contributed by atoms with Crippen molar-refractivity contribution in [1.82, 2.24) is 0 Å². The minimum atomic E-state index is -3.67. The molecule has 0 bridgehead atoms. The maximum Gasteiger partial charge on any atom is 0.331 e. The fraction of sp³-hybridized carbons (Fsp3) is 0.0625. The predicted molar refractivity (Wildman–Crippen MR) is 81.3 cm³/mol. The summed E-state index contributed by atoms with van der Waals surface area (Å²) in [6.45, 7) is 1.46. The number of carboxylic acids is 1. The molecule has 2 aromatic rings. The summed E-state index contributed by atoms with van der Waals surface area (Å²) < 4.78 is 24.8. The zero-order valence-corrected chi connectivity index (χ0v) is 12.5. The quantitative estimate of drug-likeness (QED) is 0.846. The van der Waals surface area contributed by atoms with Crippen LogP contribution < -0.4 is 0 Å². The molecule has 6 heteroatoms. The van der Waals surface area contributed by atoms with Crippen LogP contribution in [0.25, 0.3) is 6.08 Å². The smallest absolute Gasteiger partial charge is 0.331 e. The Kier molecular flexibility index (Phi) is 4.32. The van der Waals surface area contributed by atoms with E-state index in [1.165, 1.54) is 49.4 Å². The SMILES string of the molecule is CC(=Cc1ccc(S(=O)(=O)c2ccc(O)cc2)cc1)C(=O)O. The summed E-state index contributed by atoms with van der Waals surface area (Å²) in [6, 6.07) is 11.2. The second-order valence-electron chi connectivity index (χ2n) is 4.70. The number of sulfone groups is 1. The van der Waals surface area contributed by atoms with E-state index in [0.29, 0.717) is 5.56 Å². The van der Waals surface area contributed by atoms with E-state index in [2.05, 4.69) is 0 Å². The molecule has 2 aromatic carbocycles. The summed E-state index contributed by atoms with van der Waals surface area (Å²) in [7, 11) is -3.67. The topological polar surface area (TPSA) is 91.7 Å². The van der Waals surface area contributed by atoms with Crippen LogP contribution in [0.4, 0.5) is 0 Å². The molecule has 0 aromatic heterocycles. The molecule has 5 nitrogen and oxygen atoms in total. The molecule has 0 aliphatic heterocycles. The highest BCUT2D eigenvalue weighted by molar-refractivity contribution is 7.91. The molecule has 114 valence electrons. The van der Waals surface area contributed by atoms with Gasteiger partial charge in [0.1, 0.15) is 5.75 Å². The number of aromatic hydroxyl groups is 1. The first-order chi connectivity index (χ1) is 10.3. The van der Waals surface area contributed by atoms with Crippen LogP contribution in [0.5, 0.6) is 5.75 Å². The predicted octanol–water partition coefficient (Wildman–Crippen LogP) is 2.71. The van der Waals surface area contributed by atoms with Crippen LogP contribution >= 0.6 is 0 Å². The Morgan fingerprint density at radius 1 is 0.955 bits per heavy atom. The monoisotopic (exact) mass is 318 g/mol. The highest BCUT2D eigenvalue weighted by Gasteiger charge is 2.17. The third-order valence-electron chi connectivity index (χ3n) is 3.06. The maximum atomic E-state index is 12.4. The highest BCUT2D eigenvalue weighted by Crippen LogP contribution is 2.23. The average molecular weight is 318 g/mol. The molecule has 0 saturated carbocycles.